The van der Waals surface area contributed by atoms with Crippen LogP contribution in [-0.4, -0.2) is 69.9 Å². The number of Topliss-reactive ketones (excluding diaryl/α,β-unsaturated/α-hetero) is 1. The lowest BCUT2D eigenvalue weighted by Gasteiger charge is -2.39. The number of aliphatic hydroxyl groups is 2. The Kier molecular flexibility index (Phi) is 10.7. The molecule has 3 fully saturated rings. The van der Waals surface area contributed by atoms with Crippen molar-refractivity contribution in [2.75, 3.05) is 19.8 Å². The minimum absolute atomic E-state index is 0.186. The second-order valence-electron chi connectivity index (χ2n) is 11.3. The summed E-state index contributed by atoms with van der Waals surface area (Å²) in [6.07, 6.45) is 11.3. The van der Waals surface area contributed by atoms with Crippen LogP contribution < -0.4 is 0 Å². The third-order valence-electron chi connectivity index (χ3n) is 8.07. The molecule has 2 aromatic rings. The van der Waals surface area contributed by atoms with Gasteiger partial charge in [-0.05, 0) is 68.0 Å². The third-order valence-corrected chi connectivity index (χ3v) is 8.07. The van der Waals surface area contributed by atoms with E-state index in [4.69, 9.17) is 19.3 Å². The predicted octanol–water partition coefficient (Wildman–Crippen LogP) is 5.20. The maximum Gasteiger partial charge on any atom is 0.338 e. The Morgan fingerprint density at radius 2 is 1.33 bits per heavy atom. The van der Waals surface area contributed by atoms with E-state index in [9.17, 15) is 24.6 Å². The van der Waals surface area contributed by atoms with Gasteiger partial charge in [-0.1, -0.05) is 48.6 Å². The molecule has 2 aliphatic carbocycles. The van der Waals surface area contributed by atoms with Crippen LogP contribution in [0.1, 0.15) is 90.1 Å². The monoisotopic (exact) mass is 592 g/mol. The normalized spacial score (nSPS) is 20.6. The van der Waals surface area contributed by atoms with Crippen molar-refractivity contribution in [2.45, 2.75) is 75.3 Å². The molecule has 5 rings (SSSR count). The van der Waals surface area contributed by atoms with Crippen LogP contribution in [-0.2, 0) is 19.0 Å². The number of carbonyl (C=O) groups excluding carboxylic acids is 2. The molecule has 230 valence electrons. The molecule has 0 bridgehead atoms. The van der Waals surface area contributed by atoms with Gasteiger partial charge in [0.15, 0.2) is 5.79 Å². The summed E-state index contributed by atoms with van der Waals surface area (Å²) in [6.45, 7) is 3.40. The van der Waals surface area contributed by atoms with Gasteiger partial charge < -0.3 is 29.5 Å². The molecule has 0 radical (unpaired) electrons. The van der Waals surface area contributed by atoms with E-state index in [0.29, 0.717) is 76.8 Å². The van der Waals surface area contributed by atoms with Gasteiger partial charge in [0.25, 0.3) is 0 Å². The van der Waals surface area contributed by atoms with Gasteiger partial charge in [-0.25, -0.2) is 9.59 Å². The fraction of sp³-hybridized carbons (Fsp3) is 0.441. The number of ether oxygens (including phenoxy) is 3. The Morgan fingerprint density at radius 3 is 1.86 bits per heavy atom. The largest absolute Gasteiger partial charge is 0.478 e. The number of esters is 1. The number of aromatic carboxylic acids is 1. The summed E-state index contributed by atoms with van der Waals surface area (Å²) in [6, 6.07) is 13.7. The van der Waals surface area contributed by atoms with Crippen molar-refractivity contribution in [2.24, 2.45) is 0 Å². The zero-order valence-corrected chi connectivity index (χ0v) is 24.5. The number of ketones is 1. The molecular formula is C34H40O9. The fourth-order valence-electron chi connectivity index (χ4n) is 5.41. The average molecular weight is 593 g/mol. The van der Waals surface area contributed by atoms with E-state index in [-0.39, 0.29) is 17.3 Å². The molecular weight excluding hydrogens is 552 g/mol. The predicted molar refractivity (Wildman–Crippen MR) is 160 cm³/mol. The minimum atomic E-state index is -0.975. The summed E-state index contributed by atoms with van der Waals surface area (Å²) in [4.78, 5) is 33.8. The molecule has 3 aliphatic rings. The first-order chi connectivity index (χ1) is 20.5. The van der Waals surface area contributed by atoms with Crippen molar-refractivity contribution in [1.82, 2.24) is 0 Å². The van der Waals surface area contributed by atoms with Crippen molar-refractivity contribution >= 4 is 29.9 Å². The Balaban J connectivity index is 0.000000203. The number of benzene rings is 2. The summed E-state index contributed by atoms with van der Waals surface area (Å²) in [7, 11) is 0. The summed E-state index contributed by atoms with van der Waals surface area (Å²) in [5.74, 6) is -1.60. The van der Waals surface area contributed by atoms with Gasteiger partial charge in [-0.15, -0.1) is 0 Å². The first-order valence-corrected chi connectivity index (χ1v) is 14.8. The number of carboxylic acids is 1. The quantitative estimate of drug-likeness (QED) is 0.370. The van der Waals surface area contributed by atoms with Crippen LogP contribution in [0, 0.1) is 0 Å². The van der Waals surface area contributed by atoms with Crippen molar-refractivity contribution in [3.63, 3.8) is 0 Å². The molecule has 1 heterocycles. The number of carbonyl (C=O) groups is 3. The Morgan fingerprint density at radius 1 is 0.814 bits per heavy atom. The molecule has 43 heavy (non-hydrogen) atoms. The van der Waals surface area contributed by atoms with E-state index in [1.54, 1.807) is 49.4 Å². The third kappa shape index (κ3) is 9.18. The highest BCUT2D eigenvalue weighted by molar-refractivity contribution is 5.90. The second-order valence-corrected chi connectivity index (χ2v) is 11.3. The average Bonchev–Trinajstić information content (AvgIpc) is 3.48. The van der Waals surface area contributed by atoms with Crippen molar-refractivity contribution < 1.29 is 43.9 Å². The molecule has 1 spiro atoms. The lowest BCUT2D eigenvalue weighted by molar-refractivity contribution is -0.196. The van der Waals surface area contributed by atoms with Crippen LogP contribution in [0.4, 0.5) is 0 Å². The van der Waals surface area contributed by atoms with E-state index < -0.39 is 23.0 Å². The number of rotatable bonds is 7. The van der Waals surface area contributed by atoms with Crippen molar-refractivity contribution in [3.8, 4) is 0 Å². The maximum absolute atomic E-state index is 11.8. The Bertz CT molecular complexity index is 1330. The number of hydrogen-bond acceptors (Lipinski definition) is 8. The summed E-state index contributed by atoms with van der Waals surface area (Å²) < 4.78 is 16.4. The summed E-state index contributed by atoms with van der Waals surface area (Å²) in [5.41, 5.74) is 0.510. The summed E-state index contributed by atoms with van der Waals surface area (Å²) >= 11 is 0. The van der Waals surface area contributed by atoms with E-state index in [2.05, 4.69) is 0 Å². The van der Waals surface area contributed by atoms with Gasteiger partial charge in [-0.2, -0.15) is 0 Å². The van der Waals surface area contributed by atoms with Gasteiger partial charge in [0, 0.05) is 25.7 Å². The van der Waals surface area contributed by atoms with Crippen molar-refractivity contribution in [1.29, 1.82) is 0 Å². The molecule has 0 atom stereocenters. The molecule has 0 aromatic heterocycles. The zero-order valence-electron chi connectivity index (χ0n) is 24.5. The van der Waals surface area contributed by atoms with Gasteiger partial charge in [0.2, 0.25) is 0 Å². The van der Waals surface area contributed by atoms with Crippen molar-refractivity contribution in [3.05, 3.63) is 82.9 Å². The Labute approximate surface area is 251 Å². The molecule has 2 aromatic carbocycles. The molecule has 2 saturated carbocycles. The van der Waals surface area contributed by atoms with Gasteiger partial charge >= 0.3 is 11.9 Å². The number of hydrogen-bond donors (Lipinski definition) is 3. The van der Waals surface area contributed by atoms with Crippen LogP contribution in [0.15, 0.2) is 60.7 Å². The van der Waals surface area contributed by atoms with E-state index in [1.165, 1.54) is 6.07 Å². The molecule has 3 N–H and O–H groups in total. The standard InChI is InChI=1S/C19H24O5.C15H16O4/c1-2-22-17(20)16-5-3-4-15(14-16)6-7-18(21)8-10-19(11-9-18)23-12-13-24-19;16-13-5-8-15(19,9-6-13)7-4-11-2-1-3-12(10-11)14(17)18/h3-7,14,21H,2,8-13H2,1H3;1-4,7,10,19H,5-6,8-9H2,(H,17,18)/b7-6+;7-4+. The van der Waals surface area contributed by atoms with E-state index in [0.717, 1.165) is 11.1 Å². The smallest absolute Gasteiger partial charge is 0.338 e. The lowest BCUT2D eigenvalue weighted by atomic mass is 9.81. The highest BCUT2D eigenvalue weighted by Gasteiger charge is 2.44. The van der Waals surface area contributed by atoms with E-state index in [1.807, 2.05) is 24.3 Å². The summed E-state index contributed by atoms with van der Waals surface area (Å²) in [5, 5.41) is 29.9. The molecule has 9 nitrogen and oxygen atoms in total. The van der Waals surface area contributed by atoms with Gasteiger partial charge in [0.05, 0.1) is 42.1 Å². The molecule has 0 amide bonds. The maximum atomic E-state index is 11.8. The van der Waals surface area contributed by atoms with Crippen LogP contribution in [0.25, 0.3) is 12.2 Å². The second kappa shape index (κ2) is 14.2. The Hall–Kier alpha value is -3.63. The van der Waals surface area contributed by atoms with E-state index >= 15 is 0 Å². The molecule has 1 saturated heterocycles. The number of carboxylic acid groups (broad SMARTS) is 1. The fourth-order valence-corrected chi connectivity index (χ4v) is 5.41. The highest BCUT2D eigenvalue weighted by atomic mass is 16.7. The van der Waals surface area contributed by atoms with Crippen LogP contribution >= 0.6 is 0 Å². The van der Waals surface area contributed by atoms with Crippen LogP contribution in [0.2, 0.25) is 0 Å². The topological polar surface area (TPSA) is 140 Å². The van der Waals surface area contributed by atoms with Crippen LogP contribution in [0.3, 0.4) is 0 Å². The highest BCUT2D eigenvalue weighted by Crippen LogP contribution is 2.41. The van der Waals surface area contributed by atoms with Crippen LogP contribution in [0.5, 0.6) is 0 Å². The molecule has 0 unspecified atom stereocenters. The molecule has 9 heteroatoms. The first kappa shape index (κ1) is 32.3. The zero-order chi connectivity index (χ0) is 30.9. The first-order valence-electron chi connectivity index (χ1n) is 14.8. The SMILES string of the molecule is CCOC(=O)c1cccc(/C=C/C2(O)CCC3(CC2)OCCO3)c1.O=C1CCC(O)(/C=C/c2cccc(C(=O)O)c2)CC1. The molecule has 1 aliphatic heterocycles. The van der Waals surface area contributed by atoms with Gasteiger partial charge in [-0.3, -0.25) is 4.79 Å². The minimum Gasteiger partial charge on any atom is -0.478 e. The van der Waals surface area contributed by atoms with Gasteiger partial charge in [0.1, 0.15) is 5.78 Å². The lowest BCUT2D eigenvalue weighted by Crippen LogP contribution is -2.42.